The lowest BCUT2D eigenvalue weighted by Gasteiger charge is -2.26. The lowest BCUT2D eigenvalue weighted by atomic mass is 9.78. The van der Waals surface area contributed by atoms with Gasteiger partial charge in [-0.15, -0.1) is 0 Å². The highest BCUT2D eigenvalue weighted by Crippen LogP contribution is 2.41. The monoisotopic (exact) mass is 270 g/mol. The Morgan fingerprint density at radius 2 is 1.90 bits per heavy atom. The number of carbonyl (C=O) groups excluding carboxylic acids is 2. The number of imide groups is 1. The molecule has 0 aliphatic carbocycles. The van der Waals surface area contributed by atoms with Crippen LogP contribution >= 0.6 is 0 Å². The SMILES string of the molecule is CC(C)C1(C)CC(=O)N(c2ccc(CC#N)cc2)C1=O. The molecule has 0 saturated carbocycles. The van der Waals surface area contributed by atoms with Gasteiger partial charge < -0.3 is 0 Å². The molecule has 0 N–H and O–H groups in total. The second kappa shape index (κ2) is 5.09. The van der Waals surface area contributed by atoms with E-state index in [1.807, 2.05) is 20.8 Å². The normalized spacial score (nSPS) is 22.4. The fraction of sp³-hybridized carbons (Fsp3) is 0.438. The number of anilines is 1. The highest BCUT2D eigenvalue weighted by molar-refractivity contribution is 6.22. The Balaban J connectivity index is 2.32. The van der Waals surface area contributed by atoms with Crippen molar-refractivity contribution in [2.45, 2.75) is 33.6 Å². The van der Waals surface area contributed by atoms with E-state index in [4.69, 9.17) is 5.26 Å². The van der Waals surface area contributed by atoms with E-state index >= 15 is 0 Å². The summed E-state index contributed by atoms with van der Waals surface area (Å²) in [6.45, 7) is 5.78. The van der Waals surface area contributed by atoms with Gasteiger partial charge in [-0.2, -0.15) is 5.26 Å². The molecule has 1 fully saturated rings. The van der Waals surface area contributed by atoms with Crippen molar-refractivity contribution in [3.8, 4) is 6.07 Å². The maximum Gasteiger partial charge on any atom is 0.240 e. The van der Waals surface area contributed by atoms with Crippen molar-refractivity contribution in [3.63, 3.8) is 0 Å². The first-order valence-electron chi connectivity index (χ1n) is 6.73. The molecule has 2 rings (SSSR count). The molecule has 1 aromatic carbocycles. The summed E-state index contributed by atoms with van der Waals surface area (Å²) >= 11 is 0. The number of hydrogen-bond donors (Lipinski definition) is 0. The number of amides is 2. The van der Waals surface area contributed by atoms with Crippen molar-refractivity contribution < 1.29 is 9.59 Å². The van der Waals surface area contributed by atoms with E-state index in [2.05, 4.69) is 6.07 Å². The summed E-state index contributed by atoms with van der Waals surface area (Å²) in [6, 6.07) is 9.10. The number of carbonyl (C=O) groups is 2. The van der Waals surface area contributed by atoms with Crippen molar-refractivity contribution in [2.75, 3.05) is 4.90 Å². The van der Waals surface area contributed by atoms with Gasteiger partial charge >= 0.3 is 0 Å². The van der Waals surface area contributed by atoms with Gasteiger partial charge in [0.1, 0.15) is 0 Å². The fourth-order valence-corrected chi connectivity index (χ4v) is 2.40. The minimum absolute atomic E-state index is 0.113. The predicted octanol–water partition coefficient (Wildman–Crippen LogP) is 2.68. The summed E-state index contributed by atoms with van der Waals surface area (Å²) in [6.07, 6.45) is 0.579. The lowest BCUT2D eigenvalue weighted by molar-refractivity contribution is -0.126. The maximum absolute atomic E-state index is 12.5. The molecule has 1 aromatic rings. The Morgan fingerprint density at radius 1 is 1.30 bits per heavy atom. The zero-order chi connectivity index (χ0) is 14.9. The number of nitriles is 1. The zero-order valence-corrected chi connectivity index (χ0v) is 12.0. The van der Waals surface area contributed by atoms with E-state index in [9.17, 15) is 9.59 Å². The summed E-state index contributed by atoms with van der Waals surface area (Å²) in [4.78, 5) is 26.0. The van der Waals surface area contributed by atoms with E-state index in [0.717, 1.165) is 5.56 Å². The fourth-order valence-electron chi connectivity index (χ4n) is 2.40. The molecule has 1 atom stereocenters. The molecule has 0 aromatic heterocycles. The molecule has 20 heavy (non-hydrogen) atoms. The highest BCUT2D eigenvalue weighted by Gasteiger charge is 2.50. The second-order valence-electron chi connectivity index (χ2n) is 5.78. The molecule has 4 nitrogen and oxygen atoms in total. The van der Waals surface area contributed by atoms with Crippen molar-refractivity contribution >= 4 is 17.5 Å². The molecular formula is C16H18N2O2. The Hall–Kier alpha value is -2.15. The van der Waals surface area contributed by atoms with E-state index in [0.29, 0.717) is 12.1 Å². The van der Waals surface area contributed by atoms with Gasteiger partial charge in [0, 0.05) is 6.42 Å². The molecular weight excluding hydrogens is 252 g/mol. The highest BCUT2D eigenvalue weighted by atomic mass is 16.2. The number of nitrogens with zero attached hydrogens (tertiary/aromatic N) is 2. The number of benzene rings is 1. The van der Waals surface area contributed by atoms with Crippen molar-refractivity contribution in [2.24, 2.45) is 11.3 Å². The average Bonchev–Trinajstić information content (AvgIpc) is 2.63. The van der Waals surface area contributed by atoms with Crippen LogP contribution in [0.1, 0.15) is 32.8 Å². The van der Waals surface area contributed by atoms with Crippen LogP contribution in [-0.4, -0.2) is 11.8 Å². The van der Waals surface area contributed by atoms with E-state index < -0.39 is 5.41 Å². The predicted molar refractivity (Wildman–Crippen MR) is 75.8 cm³/mol. The smallest absolute Gasteiger partial charge is 0.240 e. The summed E-state index contributed by atoms with van der Waals surface area (Å²) in [5.41, 5.74) is 0.843. The minimum Gasteiger partial charge on any atom is -0.274 e. The number of hydrogen-bond acceptors (Lipinski definition) is 3. The third-order valence-electron chi connectivity index (χ3n) is 4.21. The Labute approximate surface area is 119 Å². The van der Waals surface area contributed by atoms with Crippen LogP contribution < -0.4 is 4.90 Å². The van der Waals surface area contributed by atoms with Crippen LogP contribution in [-0.2, 0) is 16.0 Å². The Morgan fingerprint density at radius 3 is 2.35 bits per heavy atom. The van der Waals surface area contributed by atoms with Gasteiger partial charge in [-0.05, 0) is 30.5 Å². The van der Waals surface area contributed by atoms with Gasteiger partial charge in [0.05, 0.1) is 23.6 Å². The third kappa shape index (κ3) is 2.20. The zero-order valence-electron chi connectivity index (χ0n) is 12.0. The largest absolute Gasteiger partial charge is 0.274 e. The van der Waals surface area contributed by atoms with Crippen LogP contribution in [0.3, 0.4) is 0 Å². The molecule has 1 aliphatic heterocycles. The van der Waals surface area contributed by atoms with E-state index in [-0.39, 0.29) is 24.2 Å². The van der Waals surface area contributed by atoms with Gasteiger partial charge in [0.15, 0.2) is 0 Å². The molecule has 2 amide bonds. The van der Waals surface area contributed by atoms with Gasteiger partial charge in [0.2, 0.25) is 11.8 Å². The van der Waals surface area contributed by atoms with Crippen molar-refractivity contribution in [1.29, 1.82) is 5.26 Å². The molecule has 1 heterocycles. The molecule has 0 spiro atoms. The summed E-state index contributed by atoms with van der Waals surface area (Å²) in [5, 5.41) is 8.65. The van der Waals surface area contributed by atoms with Crippen LogP contribution in [0.4, 0.5) is 5.69 Å². The summed E-state index contributed by atoms with van der Waals surface area (Å²) in [5.74, 6) is -0.174. The third-order valence-corrected chi connectivity index (χ3v) is 4.21. The van der Waals surface area contributed by atoms with Crippen LogP contribution in [0.15, 0.2) is 24.3 Å². The number of rotatable bonds is 3. The quantitative estimate of drug-likeness (QED) is 0.793. The van der Waals surface area contributed by atoms with Gasteiger partial charge in [0.25, 0.3) is 0 Å². The summed E-state index contributed by atoms with van der Waals surface area (Å²) in [7, 11) is 0. The molecule has 1 unspecified atom stereocenters. The Bertz CT molecular complexity index is 583. The molecule has 1 aliphatic rings. The average molecular weight is 270 g/mol. The Kier molecular flexibility index (Phi) is 3.63. The summed E-state index contributed by atoms with van der Waals surface area (Å²) < 4.78 is 0. The maximum atomic E-state index is 12.5. The van der Waals surface area contributed by atoms with Crippen LogP contribution in [0.2, 0.25) is 0 Å². The van der Waals surface area contributed by atoms with Crippen molar-refractivity contribution in [3.05, 3.63) is 29.8 Å². The topological polar surface area (TPSA) is 61.2 Å². The van der Waals surface area contributed by atoms with Gasteiger partial charge in [-0.25, -0.2) is 0 Å². The standard InChI is InChI=1S/C16H18N2O2/c1-11(2)16(3)10-14(19)18(15(16)20)13-6-4-12(5-7-13)8-9-17/h4-7,11H,8,10H2,1-3H3. The molecule has 1 saturated heterocycles. The molecule has 104 valence electrons. The van der Waals surface area contributed by atoms with E-state index in [1.165, 1.54) is 4.90 Å². The first-order valence-corrected chi connectivity index (χ1v) is 6.73. The van der Waals surface area contributed by atoms with E-state index in [1.54, 1.807) is 24.3 Å². The van der Waals surface area contributed by atoms with Crippen LogP contribution in [0, 0.1) is 22.7 Å². The molecule has 4 heteroatoms. The van der Waals surface area contributed by atoms with Crippen molar-refractivity contribution in [1.82, 2.24) is 0 Å². The molecule has 0 bridgehead atoms. The first kappa shape index (κ1) is 14.3. The van der Waals surface area contributed by atoms with Crippen LogP contribution in [0.25, 0.3) is 0 Å². The van der Waals surface area contributed by atoms with Gasteiger partial charge in [-0.1, -0.05) is 26.0 Å². The minimum atomic E-state index is -0.623. The van der Waals surface area contributed by atoms with Crippen LogP contribution in [0.5, 0.6) is 0 Å². The van der Waals surface area contributed by atoms with Gasteiger partial charge in [-0.3, -0.25) is 14.5 Å². The lowest BCUT2D eigenvalue weighted by Crippen LogP contribution is -2.36. The second-order valence-corrected chi connectivity index (χ2v) is 5.78. The first-order chi connectivity index (χ1) is 9.40. The molecule has 0 radical (unpaired) electrons.